The molecule has 2 amide bonds. The Kier molecular flexibility index (Phi) is 5.33. The Morgan fingerprint density at radius 2 is 1.68 bits per heavy atom. The number of carbonyl (C=O) groups excluding carboxylic acids is 1. The second-order valence-corrected chi connectivity index (χ2v) is 6.05. The van der Waals surface area contributed by atoms with E-state index < -0.39 is 0 Å². The van der Waals surface area contributed by atoms with Crippen LogP contribution in [0.5, 0.6) is 0 Å². The van der Waals surface area contributed by atoms with Crippen molar-refractivity contribution < 1.29 is 9.18 Å². The first-order chi connectivity index (χ1) is 12.1. The number of aromatic nitrogens is 1. The molecule has 0 spiro atoms. The average molecular weight is 339 g/mol. The first-order valence-corrected chi connectivity index (χ1v) is 8.46. The molecular formula is C20H22FN3O. The van der Waals surface area contributed by atoms with E-state index >= 15 is 0 Å². The molecule has 0 aliphatic rings. The fourth-order valence-electron chi connectivity index (χ4n) is 3.03. The summed E-state index contributed by atoms with van der Waals surface area (Å²) in [4.78, 5) is 15.2. The second-order valence-electron chi connectivity index (χ2n) is 6.05. The van der Waals surface area contributed by atoms with Gasteiger partial charge in [-0.15, -0.1) is 0 Å². The van der Waals surface area contributed by atoms with Gasteiger partial charge in [-0.25, -0.2) is 9.18 Å². The Balaban J connectivity index is 1.45. The fourth-order valence-corrected chi connectivity index (χ4v) is 3.03. The third-order valence-electron chi connectivity index (χ3n) is 4.33. The lowest BCUT2D eigenvalue weighted by Crippen LogP contribution is -2.37. The van der Waals surface area contributed by atoms with Crippen LogP contribution in [0.3, 0.4) is 0 Å². The lowest BCUT2D eigenvalue weighted by atomic mass is 10.1. The SMILES string of the molecule is Cc1[nH]c2ccccc2c1CCNC(=O)NCCc1ccccc1F. The third-order valence-corrected chi connectivity index (χ3v) is 4.33. The van der Waals surface area contributed by atoms with Crippen molar-refractivity contribution in [2.45, 2.75) is 19.8 Å². The minimum Gasteiger partial charge on any atom is -0.358 e. The van der Waals surface area contributed by atoms with Crippen molar-refractivity contribution in [3.05, 3.63) is 71.2 Å². The summed E-state index contributed by atoms with van der Waals surface area (Å²) in [5.74, 6) is -0.237. The summed E-state index contributed by atoms with van der Waals surface area (Å²) in [6.45, 7) is 3.00. The van der Waals surface area contributed by atoms with E-state index in [9.17, 15) is 9.18 Å². The Labute approximate surface area is 146 Å². The molecule has 25 heavy (non-hydrogen) atoms. The van der Waals surface area contributed by atoms with Crippen molar-refractivity contribution in [1.29, 1.82) is 0 Å². The number of hydrogen-bond donors (Lipinski definition) is 3. The number of fused-ring (bicyclic) bond motifs is 1. The van der Waals surface area contributed by atoms with Gasteiger partial charge in [-0.1, -0.05) is 36.4 Å². The number of para-hydroxylation sites is 1. The third kappa shape index (κ3) is 4.18. The van der Waals surface area contributed by atoms with Crippen LogP contribution >= 0.6 is 0 Å². The number of benzene rings is 2. The summed E-state index contributed by atoms with van der Waals surface area (Å²) >= 11 is 0. The molecule has 5 heteroatoms. The number of aromatic amines is 1. The summed E-state index contributed by atoms with van der Waals surface area (Å²) in [5, 5.41) is 6.82. The van der Waals surface area contributed by atoms with E-state index in [-0.39, 0.29) is 11.8 Å². The van der Waals surface area contributed by atoms with Gasteiger partial charge in [0.15, 0.2) is 0 Å². The zero-order valence-electron chi connectivity index (χ0n) is 14.2. The van der Waals surface area contributed by atoms with Gasteiger partial charge in [0.05, 0.1) is 0 Å². The van der Waals surface area contributed by atoms with Crippen LogP contribution in [0.25, 0.3) is 10.9 Å². The van der Waals surface area contributed by atoms with Crippen molar-refractivity contribution in [2.24, 2.45) is 0 Å². The molecule has 0 bridgehead atoms. The maximum atomic E-state index is 13.5. The van der Waals surface area contributed by atoms with Crippen molar-refractivity contribution in [3.63, 3.8) is 0 Å². The van der Waals surface area contributed by atoms with Gasteiger partial charge in [0.25, 0.3) is 0 Å². The monoisotopic (exact) mass is 339 g/mol. The van der Waals surface area contributed by atoms with Gasteiger partial charge >= 0.3 is 6.03 Å². The maximum Gasteiger partial charge on any atom is 0.314 e. The van der Waals surface area contributed by atoms with E-state index in [1.165, 1.54) is 17.0 Å². The number of H-pyrrole nitrogens is 1. The molecule has 3 rings (SSSR count). The summed E-state index contributed by atoms with van der Waals surface area (Å²) in [6.07, 6.45) is 1.23. The lowest BCUT2D eigenvalue weighted by Gasteiger charge is -2.08. The Hall–Kier alpha value is -2.82. The zero-order valence-corrected chi connectivity index (χ0v) is 14.2. The van der Waals surface area contributed by atoms with E-state index in [0.717, 1.165) is 17.6 Å². The van der Waals surface area contributed by atoms with E-state index in [2.05, 4.69) is 27.8 Å². The van der Waals surface area contributed by atoms with Crippen LogP contribution < -0.4 is 10.6 Å². The summed E-state index contributed by atoms with van der Waals surface area (Å²) in [5.41, 5.74) is 4.08. The highest BCUT2D eigenvalue weighted by Gasteiger charge is 2.08. The van der Waals surface area contributed by atoms with Crippen LogP contribution in [0.1, 0.15) is 16.8 Å². The summed E-state index contributed by atoms with van der Waals surface area (Å²) in [7, 11) is 0. The van der Waals surface area contributed by atoms with Crippen molar-refractivity contribution in [3.8, 4) is 0 Å². The van der Waals surface area contributed by atoms with Gasteiger partial charge in [-0.2, -0.15) is 0 Å². The number of carbonyl (C=O) groups is 1. The van der Waals surface area contributed by atoms with Crippen LogP contribution in [0.2, 0.25) is 0 Å². The number of hydrogen-bond acceptors (Lipinski definition) is 1. The second kappa shape index (κ2) is 7.83. The molecule has 4 nitrogen and oxygen atoms in total. The highest BCUT2D eigenvalue weighted by molar-refractivity contribution is 5.84. The number of amides is 2. The largest absolute Gasteiger partial charge is 0.358 e. The standard InChI is InChI=1S/C20H22FN3O/c1-14-16(17-7-3-5-9-19(17)24-14)11-13-23-20(25)22-12-10-15-6-2-4-8-18(15)21/h2-9,24H,10-13H2,1H3,(H2,22,23,25). The predicted molar refractivity (Wildman–Crippen MR) is 98.2 cm³/mol. The predicted octanol–water partition coefficient (Wildman–Crippen LogP) is 3.70. The van der Waals surface area contributed by atoms with Gasteiger partial charge in [-0.3, -0.25) is 0 Å². The number of rotatable bonds is 6. The molecule has 3 N–H and O–H groups in total. The Bertz CT molecular complexity index is 872. The molecule has 130 valence electrons. The van der Waals surface area contributed by atoms with Gasteiger partial charge in [0.2, 0.25) is 0 Å². The topological polar surface area (TPSA) is 56.9 Å². The minimum absolute atomic E-state index is 0.228. The molecule has 0 fully saturated rings. The molecular weight excluding hydrogens is 317 g/mol. The summed E-state index contributed by atoms with van der Waals surface area (Å²) < 4.78 is 13.5. The molecule has 0 aliphatic heterocycles. The normalized spacial score (nSPS) is 10.8. The molecule has 0 aliphatic carbocycles. The first-order valence-electron chi connectivity index (χ1n) is 8.46. The van der Waals surface area contributed by atoms with Gasteiger partial charge in [0.1, 0.15) is 5.82 Å². The highest BCUT2D eigenvalue weighted by atomic mass is 19.1. The summed E-state index contributed by atoms with van der Waals surface area (Å²) in [6, 6.07) is 14.5. The smallest absolute Gasteiger partial charge is 0.314 e. The molecule has 0 saturated heterocycles. The van der Waals surface area contributed by atoms with Gasteiger partial charge < -0.3 is 15.6 Å². The number of urea groups is 1. The average Bonchev–Trinajstić information content (AvgIpc) is 2.92. The fraction of sp³-hybridized carbons (Fsp3) is 0.250. The molecule has 3 aromatic rings. The first kappa shape index (κ1) is 17.0. The minimum atomic E-state index is -0.237. The van der Waals surface area contributed by atoms with Crippen LogP contribution in [0, 0.1) is 12.7 Å². The van der Waals surface area contributed by atoms with Crippen LogP contribution in [-0.2, 0) is 12.8 Å². The highest BCUT2D eigenvalue weighted by Crippen LogP contribution is 2.21. The van der Waals surface area contributed by atoms with Crippen molar-refractivity contribution in [2.75, 3.05) is 13.1 Å². The van der Waals surface area contributed by atoms with Crippen LogP contribution in [-0.4, -0.2) is 24.1 Å². The number of aryl methyl sites for hydroxylation is 1. The molecule has 0 unspecified atom stereocenters. The van der Waals surface area contributed by atoms with Crippen LogP contribution in [0.4, 0.5) is 9.18 Å². The Morgan fingerprint density at radius 1 is 1.00 bits per heavy atom. The number of halogens is 1. The van der Waals surface area contributed by atoms with E-state index in [1.807, 2.05) is 19.1 Å². The Morgan fingerprint density at radius 3 is 2.48 bits per heavy atom. The van der Waals surface area contributed by atoms with Gasteiger partial charge in [0, 0.05) is 29.7 Å². The zero-order chi connectivity index (χ0) is 17.6. The molecule has 1 aromatic heterocycles. The molecule has 0 radical (unpaired) electrons. The van der Waals surface area contributed by atoms with E-state index in [0.29, 0.717) is 25.1 Å². The van der Waals surface area contributed by atoms with Crippen LogP contribution in [0.15, 0.2) is 48.5 Å². The van der Waals surface area contributed by atoms with Crippen molar-refractivity contribution >= 4 is 16.9 Å². The lowest BCUT2D eigenvalue weighted by molar-refractivity contribution is 0.241. The van der Waals surface area contributed by atoms with Gasteiger partial charge in [-0.05, 0) is 43.0 Å². The maximum absolute atomic E-state index is 13.5. The van der Waals surface area contributed by atoms with Crippen molar-refractivity contribution in [1.82, 2.24) is 15.6 Å². The number of nitrogens with one attached hydrogen (secondary N) is 3. The molecule has 1 heterocycles. The van der Waals surface area contributed by atoms with E-state index in [4.69, 9.17) is 0 Å². The quantitative estimate of drug-likeness (QED) is 0.630. The molecule has 2 aromatic carbocycles. The molecule has 0 saturated carbocycles. The molecule has 0 atom stereocenters. The van der Waals surface area contributed by atoms with E-state index in [1.54, 1.807) is 18.2 Å².